The van der Waals surface area contributed by atoms with Crippen LogP contribution in [0.5, 0.6) is 0 Å². The van der Waals surface area contributed by atoms with E-state index >= 15 is 0 Å². The molecule has 3 aromatic rings. The van der Waals surface area contributed by atoms with E-state index in [0.29, 0.717) is 23.2 Å². The second-order valence-electron chi connectivity index (χ2n) is 4.85. The zero-order valence-corrected chi connectivity index (χ0v) is 12.6. The third kappa shape index (κ3) is 3.46. The monoisotopic (exact) mass is 314 g/mol. The van der Waals surface area contributed by atoms with E-state index in [1.807, 2.05) is 30.3 Å². The van der Waals surface area contributed by atoms with Gasteiger partial charge in [-0.2, -0.15) is 0 Å². The van der Waals surface area contributed by atoms with E-state index in [9.17, 15) is 4.39 Å². The zero-order chi connectivity index (χ0) is 15.4. The van der Waals surface area contributed by atoms with Gasteiger partial charge in [-0.3, -0.25) is 0 Å². The Morgan fingerprint density at radius 1 is 0.955 bits per heavy atom. The Morgan fingerprint density at radius 2 is 1.68 bits per heavy atom. The molecule has 0 aliphatic rings. The van der Waals surface area contributed by atoms with Gasteiger partial charge in [0, 0.05) is 12.2 Å². The number of nitrogens with zero attached hydrogens (tertiary/aromatic N) is 3. The molecule has 1 aromatic heterocycles. The van der Waals surface area contributed by atoms with Crippen molar-refractivity contribution < 1.29 is 4.39 Å². The van der Waals surface area contributed by atoms with Gasteiger partial charge in [0.2, 0.25) is 5.16 Å². The van der Waals surface area contributed by atoms with Crippen LogP contribution < -0.4 is 5.84 Å². The van der Waals surface area contributed by atoms with Gasteiger partial charge in [-0.15, -0.1) is 10.2 Å². The van der Waals surface area contributed by atoms with Crippen LogP contribution in [0.4, 0.5) is 4.39 Å². The third-order valence-electron chi connectivity index (χ3n) is 3.22. The fourth-order valence-electron chi connectivity index (χ4n) is 2.03. The number of rotatable bonds is 5. The predicted molar refractivity (Wildman–Crippen MR) is 85.4 cm³/mol. The van der Waals surface area contributed by atoms with Crippen molar-refractivity contribution in [1.29, 1.82) is 0 Å². The van der Waals surface area contributed by atoms with E-state index in [1.165, 1.54) is 28.6 Å². The lowest BCUT2D eigenvalue weighted by molar-refractivity contribution is 0.627. The maximum Gasteiger partial charge on any atom is 0.210 e. The molecule has 0 spiro atoms. The van der Waals surface area contributed by atoms with Crippen LogP contribution in [0.2, 0.25) is 0 Å². The Bertz CT molecular complexity index is 741. The predicted octanol–water partition coefficient (Wildman–Crippen LogP) is 3.01. The molecule has 1 heterocycles. The summed E-state index contributed by atoms with van der Waals surface area (Å²) in [6.07, 6.45) is 0.640. The van der Waals surface area contributed by atoms with Gasteiger partial charge in [0.25, 0.3) is 0 Å². The summed E-state index contributed by atoms with van der Waals surface area (Å²) >= 11 is 1.48. The van der Waals surface area contributed by atoms with Crippen LogP contribution in [-0.4, -0.2) is 14.9 Å². The van der Waals surface area contributed by atoms with Crippen molar-refractivity contribution in [1.82, 2.24) is 14.9 Å². The largest absolute Gasteiger partial charge is 0.336 e. The fraction of sp³-hybridized carbons (Fsp3) is 0.125. The normalized spacial score (nSPS) is 10.8. The zero-order valence-electron chi connectivity index (χ0n) is 11.8. The lowest BCUT2D eigenvalue weighted by Crippen LogP contribution is -2.14. The molecule has 0 unspecified atom stereocenters. The number of hydrogen-bond donors (Lipinski definition) is 1. The summed E-state index contributed by atoms with van der Waals surface area (Å²) in [7, 11) is 0. The summed E-state index contributed by atoms with van der Waals surface area (Å²) in [5.41, 5.74) is 2.15. The summed E-state index contributed by atoms with van der Waals surface area (Å²) in [5, 5.41) is 8.91. The molecule has 0 atom stereocenters. The number of thioether (sulfide) groups is 1. The van der Waals surface area contributed by atoms with Crippen LogP contribution in [0, 0.1) is 5.82 Å². The minimum Gasteiger partial charge on any atom is -0.336 e. The number of benzene rings is 2. The standard InChI is InChI=1S/C16H15FN4S/c17-14-8-6-13(7-9-14)11-22-16-20-19-15(21(16)18)10-12-4-2-1-3-5-12/h1-9H,10-11,18H2. The molecular weight excluding hydrogens is 299 g/mol. The molecule has 0 saturated heterocycles. The Balaban J connectivity index is 1.67. The molecule has 2 N–H and O–H groups in total. The maximum absolute atomic E-state index is 12.9. The van der Waals surface area contributed by atoms with Gasteiger partial charge >= 0.3 is 0 Å². The average molecular weight is 314 g/mol. The summed E-state index contributed by atoms with van der Waals surface area (Å²) in [6, 6.07) is 16.4. The van der Waals surface area contributed by atoms with E-state index in [-0.39, 0.29) is 5.82 Å². The van der Waals surface area contributed by atoms with E-state index in [2.05, 4.69) is 10.2 Å². The van der Waals surface area contributed by atoms with Gasteiger partial charge in [0.15, 0.2) is 5.82 Å². The van der Waals surface area contributed by atoms with E-state index in [4.69, 9.17) is 5.84 Å². The van der Waals surface area contributed by atoms with Crippen LogP contribution in [0.1, 0.15) is 17.0 Å². The molecule has 6 heteroatoms. The Kier molecular flexibility index (Phi) is 4.39. The van der Waals surface area contributed by atoms with Crippen LogP contribution in [0.25, 0.3) is 0 Å². The lowest BCUT2D eigenvalue weighted by Gasteiger charge is -2.04. The number of aromatic nitrogens is 3. The molecule has 0 amide bonds. The highest BCUT2D eigenvalue weighted by Crippen LogP contribution is 2.21. The fourth-order valence-corrected chi connectivity index (χ4v) is 2.86. The molecule has 22 heavy (non-hydrogen) atoms. The first-order valence-corrected chi connectivity index (χ1v) is 7.81. The number of halogens is 1. The summed E-state index contributed by atoms with van der Waals surface area (Å²) < 4.78 is 14.4. The lowest BCUT2D eigenvalue weighted by atomic mass is 10.1. The van der Waals surface area contributed by atoms with Gasteiger partial charge in [-0.05, 0) is 23.3 Å². The van der Waals surface area contributed by atoms with Crippen molar-refractivity contribution in [2.75, 3.05) is 5.84 Å². The van der Waals surface area contributed by atoms with Crippen molar-refractivity contribution in [3.8, 4) is 0 Å². The molecule has 0 aliphatic carbocycles. The van der Waals surface area contributed by atoms with Crippen molar-refractivity contribution >= 4 is 11.8 Å². The number of nitrogens with two attached hydrogens (primary N) is 1. The van der Waals surface area contributed by atoms with Gasteiger partial charge in [-0.25, -0.2) is 9.07 Å². The van der Waals surface area contributed by atoms with Crippen molar-refractivity contribution in [3.05, 3.63) is 77.4 Å². The van der Waals surface area contributed by atoms with Crippen LogP contribution in [0.3, 0.4) is 0 Å². The second-order valence-corrected chi connectivity index (χ2v) is 5.79. The molecule has 0 radical (unpaired) electrons. The van der Waals surface area contributed by atoms with Crippen molar-refractivity contribution in [2.24, 2.45) is 0 Å². The quantitative estimate of drug-likeness (QED) is 0.581. The van der Waals surface area contributed by atoms with Crippen LogP contribution >= 0.6 is 11.8 Å². The van der Waals surface area contributed by atoms with E-state index in [1.54, 1.807) is 12.1 Å². The average Bonchev–Trinajstić information content (AvgIpc) is 2.88. The molecular formula is C16H15FN4S. The number of hydrogen-bond acceptors (Lipinski definition) is 4. The molecule has 0 aliphatic heterocycles. The van der Waals surface area contributed by atoms with Gasteiger partial charge < -0.3 is 5.84 Å². The maximum atomic E-state index is 12.9. The summed E-state index contributed by atoms with van der Waals surface area (Å²) in [5.74, 6) is 7.20. The molecule has 0 fully saturated rings. The highest BCUT2D eigenvalue weighted by atomic mass is 32.2. The van der Waals surface area contributed by atoms with Crippen molar-refractivity contribution in [2.45, 2.75) is 17.3 Å². The molecule has 0 saturated carbocycles. The van der Waals surface area contributed by atoms with Gasteiger partial charge in [-0.1, -0.05) is 54.2 Å². The smallest absolute Gasteiger partial charge is 0.210 e. The summed E-state index contributed by atoms with van der Waals surface area (Å²) in [6.45, 7) is 0. The number of nitrogen functional groups attached to an aromatic ring is 1. The SMILES string of the molecule is Nn1c(Cc2ccccc2)nnc1SCc1ccc(F)cc1. The first kappa shape index (κ1) is 14.6. The van der Waals surface area contributed by atoms with Crippen LogP contribution in [-0.2, 0) is 12.2 Å². The second kappa shape index (κ2) is 6.62. The molecule has 3 rings (SSSR count). The highest BCUT2D eigenvalue weighted by Gasteiger charge is 2.10. The Labute approximate surface area is 132 Å². The van der Waals surface area contributed by atoms with Gasteiger partial charge in [0.05, 0.1) is 0 Å². The first-order valence-electron chi connectivity index (χ1n) is 6.83. The topological polar surface area (TPSA) is 56.7 Å². The minimum atomic E-state index is -0.235. The van der Waals surface area contributed by atoms with E-state index < -0.39 is 0 Å². The van der Waals surface area contributed by atoms with Crippen molar-refractivity contribution in [3.63, 3.8) is 0 Å². The summed E-state index contributed by atoms with van der Waals surface area (Å²) in [4.78, 5) is 0. The Morgan fingerprint density at radius 3 is 2.41 bits per heavy atom. The Hall–Kier alpha value is -2.34. The highest BCUT2D eigenvalue weighted by molar-refractivity contribution is 7.98. The minimum absolute atomic E-state index is 0.235. The van der Waals surface area contributed by atoms with Crippen LogP contribution in [0.15, 0.2) is 59.8 Å². The third-order valence-corrected chi connectivity index (χ3v) is 4.24. The molecule has 0 bridgehead atoms. The molecule has 2 aromatic carbocycles. The molecule has 4 nitrogen and oxygen atoms in total. The van der Waals surface area contributed by atoms with Gasteiger partial charge in [0.1, 0.15) is 5.82 Å². The first-order chi connectivity index (χ1) is 10.7. The molecule has 112 valence electrons. The van der Waals surface area contributed by atoms with E-state index in [0.717, 1.165) is 11.1 Å².